The quantitative estimate of drug-likeness (QED) is 0.664. The molecule has 138 valence electrons. The maximum absolute atomic E-state index is 4.45. The number of halogens is 1. The summed E-state index contributed by atoms with van der Waals surface area (Å²) < 4.78 is 2.57. The molecular weight excluding hydrogens is 342 g/mol. The predicted molar refractivity (Wildman–Crippen MR) is 111 cm³/mol. The molecule has 4 rings (SSSR count). The van der Waals surface area contributed by atoms with Crippen LogP contribution in [0.2, 0.25) is 0 Å². The molecule has 2 aromatic heterocycles. The third-order valence-corrected chi connectivity index (χ3v) is 5.53. The molecule has 1 aromatic carbocycles. The smallest absolute Gasteiger partial charge is 0.0486 e. The first kappa shape index (κ1) is 18.9. The third-order valence-electron chi connectivity index (χ3n) is 5.53. The van der Waals surface area contributed by atoms with Crippen molar-refractivity contribution in [3.63, 3.8) is 0 Å². The number of likely N-dealkylation sites (N-methyl/N-ethyl adjacent to an activating group) is 1. The van der Waals surface area contributed by atoms with Crippen molar-refractivity contribution in [3.8, 4) is 0 Å². The number of aromatic nitrogens is 2. The van der Waals surface area contributed by atoms with Gasteiger partial charge >= 0.3 is 0 Å². The van der Waals surface area contributed by atoms with E-state index in [9.17, 15) is 0 Å². The van der Waals surface area contributed by atoms with Gasteiger partial charge in [0.25, 0.3) is 0 Å². The summed E-state index contributed by atoms with van der Waals surface area (Å²) in [5, 5.41) is 1.45. The molecule has 1 aliphatic heterocycles. The van der Waals surface area contributed by atoms with Crippen LogP contribution in [-0.4, -0.2) is 27.5 Å². The van der Waals surface area contributed by atoms with Crippen molar-refractivity contribution in [2.75, 3.05) is 13.1 Å². The molecule has 3 nitrogen and oxygen atoms in total. The van der Waals surface area contributed by atoms with Crippen LogP contribution in [-0.2, 0) is 25.9 Å². The van der Waals surface area contributed by atoms with Crippen molar-refractivity contribution in [1.82, 2.24) is 14.5 Å². The summed E-state index contributed by atoms with van der Waals surface area (Å²) in [6.07, 6.45) is 4.22. The number of pyridine rings is 1. The lowest BCUT2D eigenvalue weighted by molar-refractivity contribution is 0.265. The molecule has 0 atom stereocenters. The summed E-state index contributed by atoms with van der Waals surface area (Å²) in [6.45, 7) is 10.9. The molecule has 0 saturated heterocycles. The average molecular weight is 370 g/mol. The Hall–Kier alpha value is -1.84. The molecule has 0 spiro atoms. The molecule has 0 fully saturated rings. The molecule has 0 amide bonds. The lowest BCUT2D eigenvalue weighted by Crippen LogP contribution is -2.30. The third kappa shape index (κ3) is 3.51. The summed E-state index contributed by atoms with van der Waals surface area (Å²) in [4.78, 5) is 7.00. The Labute approximate surface area is 162 Å². The average Bonchev–Trinajstić information content (AvgIpc) is 2.93. The highest BCUT2D eigenvalue weighted by Crippen LogP contribution is 2.32. The molecule has 0 unspecified atom stereocenters. The molecule has 1 aliphatic rings. The van der Waals surface area contributed by atoms with Gasteiger partial charge in [-0.05, 0) is 56.1 Å². The van der Waals surface area contributed by atoms with Gasteiger partial charge in [0.1, 0.15) is 0 Å². The van der Waals surface area contributed by atoms with Crippen molar-refractivity contribution in [2.45, 2.75) is 46.7 Å². The molecule has 0 saturated carbocycles. The summed E-state index contributed by atoms with van der Waals surface area (Å²) in [5.41, 5.74) is 8.25. The van der Waals surface area contributed by atoms with Crippen molar-refractivity contribution >= 4 is 23.3 Å². The van der Waals surface area contributed by atoms with Gasteiger partial charge in [0.2, 0.25) is 0 Å². The molecule has 0 N–H and O–H groups in total. The standard InChI is InChI=1S/C22H27N3.ClH/c1-4-24-11-10-22-20(15-24)19-13-16(2)5-8-21(19)25(22)12-9-18-7-6-17(3)23-14-18;/h5-8,13-14H,4,9-12,15H2,1-3H3;1H. The zero-order chi connectivity index (χ0) is 17.4. The van der Waals surface area contributed by atoms with Crippen molar-refractivity contribution in [2.24, 2.45) is 0 Å². The second-order valence-electron chi connectivity index (χ2n) is 7.27. The first-order chi connectivity index (χ1) is 12.2. The number of nitrogens with zero attached hydrogens (tertiary/aromatic N) is 3. The van der Waals surface area contributed by atoms with Gasteiger partial charge in [-0.15, -0.1) is 12.4 Å². The van der Waals surface area contributed by atoms with Crippen molar-refractivity contribution in [3.05, 3.63) is 64.6 Å². The SMILES string of the molecule is CCN1CCc2c(c3cc(C)ccc3n2CCc2ccc(C)nc2)C1.Cl. The van der Waals surface area contributed by atoms with Crippen LogP contribution in [0.5, 0.6) is 0 Å². The minimum Gasteiger partial charge on any atom is -0.344 e. The first-order valence-corrected chi connectivity index (χ1v) is 9.40. The Bertz CT molecular complexity index is 896. The molecule has 0 bridgehead atoms. The van der Waals surface area contributed by atoms with E-state index in [0.717, 1.165) is 38.2 Å². The zero-order valence-corrected chi connectivity index (χ0v) is 16.8. The van der Waals surface area contributed by atoms with Gasteiger partial charge in [-0.3, -0.25) is 9.88 Å². The number of fused-ring (bicyclic) bond motifs is 3. The highest BCUT2D eigenvalue weighted by atomic mass is 35.5. The van der Waals surface area contributed by atoms with Gasteiger partial charge in [0, 0.05) is 54.5 Å². The van der Waals surface area contributed by atoms with Crippen LogP contribution in [0, 0.1) is 13.8 Å². The molecule has 4 heteroatoms. The van der Waals surface area contributed by atoms with Crippen LogP contribution in [0.15, 0.2) is 36.5 Å². The van der Waals surface area contributed by atoms with Crippen LogP contribution < -0.4 is 0 Å². The van der Waals surface area contributed by atoms with E-state index in [2.05, 4.69) is 58.6 Å². The van der Waals surface area contributed by atoms with E-state index in [-0.39, 0.29) is 12.4 Å². The maximum atomic E-state index is 4.45. The number of rotatable bonds is 4. The Balaban J connectivity index is 0.00000196. The normalized spacial score (nSPS) is 14.3. The van der Waals surface area contributed by atoms with E-state index >= 15 is 0 Å². The van der Waals surface area contributed by atoms with Crippen LogP contribution in [0.25, 0.3) is 10.9 Å². The lowest BCUT2D eigenvalue weighted by atomic mass is 10.0. The van der Waals surface area contributed by atoms with Crippen molar-refractivity contribution in [1.29, 1.82) is 0 Å². The van der Waals surface area contributed by atoms with Crippen LogP contribution in [0.3, 0.4) is 0 Å². The van der Waals surface area contributed by atoms with Gasteiger partial charge in [-0.1, -0.05) is 24.6 Å². The Kier molecular flexibility index (Phi) is 5.69. The fourth-order valence-electron chi connectivity index (χ4n) is 4.03. The first-order valence-electron chi connectivity index (χ1n) is 9.40. The van der Waals surface area contributed by atoms with E-state index in [0.29, 0.717) is 0 Å². The Morgan fingerprint density at radius 3 is 2.69 bits per heavy atom. The number of hydrogen-bond donors (Lipinski definition) is 0. The molecule has 26 heavy (non-hydrogen) atoms. The van der Waals surface area contributed by atoms with E-state index < -0.39 is 0 Å². The van der Waals surface area contributed by atoms with Gasteiger partial charge in [0.15, 0.2) is 0 Å². The van der Waals surface area contributed by atoms with Gasteiger partial charge < -0.3 is 4.57 Å². The Morgan fingerprint density at radius 2 is 1.96 bits per heavy atom. The molecule has 3 heterocycles. The summed E-state index contributed by atoms with van der Waals surface area (Å²) in [5.74, 6) is 0. The molecular formula is C22H28ClN3. The van der Waals surface area contributed by atoms with Gasteiger partial charge in [0.05, 0.1) is 0 Å². The van der Waals surface area contributed by atoms with E-state index in [1.165, 1.54) is 28.6 Å². The minimum atomic E-state index is 0. The highest BCUT2D eigenvalue weighted by molar-refractivity contribution is 5.86. The fraction of sp³-hybridized carbons (Fsp3) is 0.409. The summed E-state index contributed by atoms with van der Waals surface area (Å²) in [7, 11) is 0. The zero-order valence-electron chi connectivity index (χ0n) is 16.0. The van der Waals surface area contributed by atoms with Crippen LogP contribution in [0.1, 0.15) is 35.0 Å². The number of hydrogen-bond acceptors (Lipinski definition) is 2. The Morgan fingerprint density at radius 1 is 1.12 bits per heavy atom. The van der Waals surface area contributed by atoms with E-state index in [1.54, 1.807) is 11.3 Å². The van der Waals surface area contributed by atoms with Crippen LogP contribution in [0.4, 0.5) is 0 Å². The topological polar surface area (TPSA) is 21.1 Å². The summed E-state index contributed by atoms with van der Waals surface area (Å²) in [6, 6.07) is 11.3. The number of aryl methyl sites for hydroxylation is 4. The van der Waals surface area contributed by atoms with Crippen molar-refractivity contribution < 1.29 is 0 Å². The van der Waals surface area contributed by atoms with E-state index in [4.69, 9.17) is 0 Å². The summed E-state index contributed by atoms with van der Waals surface area (Å²) >= 11 is 0. The van der Waals surface area contributed by atoms with E-state index in [1.807, 2.05) is 13.1 Å². The fourth-order valence-corrected chi connectivity index (χ4v) is 4.03. The highest BCUT2D eigenvalue weighted by Gasteiger charge is 2.23. The predicted octanol–water partition coefficient (Wildman–Crippen LogP) is 4.70. The molecule has 3 aromatic rings. The van der Waals surface area contributed by atoms with Gasteiger partial charge in [-0.25, -0.2) is 0 Å². The number of benzene rings is 1. The molecule has 0 radical (unpaired) electrons. The van der Waals surface area contributed by atoms with Gasteiger partial charge in [-0.2, -0.15) is 0 Å². The maximum Gasteiger partial charge on any atom is 0.0486 e. The minimum absolute atomic E-state index is 0. The lowest BCUT2D eigenvalue weighted by Gasteiger charge is -2.27. The second-order valence-corrected chi connectivity index (χ2v) is 7.27. The second kappa shape index (κ2) is 7.81. The molecule has 0 aliphatic carbocycles. The monoisotopic (exact) mass is 369 g/mol. The largest absolute Gasteiger partial charge is 0.344 e. The van der Waals surface area contributed by atoms with Crippen LogP contribution >= 0.6 is 12.4 Å².